The van der Waals surface area contributed by atoms with Gasteiger partial charge in [0.2, 0.25) is 11.8 Å². The van der Waals surface area contributed by atoms with Gasteiger partial charge in [0.05, 0.1) is 6.54 Å². The fourth-order valence-corrected chi connectivity index (χ4v) is 4.19. The number of amides is 3. The summed E-state index contributed by atoms with van der Waals surface area (Å²) in [7, 11) is 0. The summed E-state index contributed by atoms with van der Waals surface area (Å²) in [6, 6.07) is 10.3. The van der Waals surface area contributed by atoms with Gasteiger partial charge in [-0.25, -0.2) is 0 Å². The molecule has 29 heavy (non-hydrogen) atoms. The highest BCUT2D eigenvalue weighted by Crippen LogP contribution is 2.25. The zero-order valence-electron chi connectivity index (χ0n) is 15.9. The van der Waals surface area contributed by atoms with Crippen molar-refractivity contribution in [2.24, 2.45) is 0 Å². The van der Waals surface area contributed by atoms with Gasteiger partial charge in [-0.1, -0.05) is 6.07 Å². The molecule has 3 amide bonds. The Morgan fingerprint density at radius 1 is 1.24 bits per heavy atom. The van der Waals surface area contributed by atoms with Crippen molar-refractivity contribution >= 4 is 45.7 Å². The van der Waals surface area contributed by atoms with Crippen molar-refractivity contribution in [3.05, 3.63) is 52.4 Å². The molecule has 0 aliphatic carbocycles. The number of hydrogen-bond donors (Lipinski definition) is 2. The summed E-state index contributed by atoms with van der Waals surface area (Å²) in [5.41, 5.74) is 1.17. The third kappa shape index (κ3) is 4.17. The second-order valence-corrected chi connectivity index (χ2v) is 8.02. The fourth-order valence-electron chi connectivity index (χ4n) is 3.54. The van der Waals surface area contributed by atoms with E-state index in [0.717, 1.165) is 16.7 Å². The Balaban J connectivity index is 1.44. The Morgan fingerprint density at radius 3 is 2.86 bits per heavy atom. The number of nitrogens with zero attached hydrogens (tertiary/aromatic N) is 1. The fraction of sp³-hybridized carbons (Fsp3) is 0.286. The number of thiophene rings is 1. The number of nitrogens with one attached hydrogen (secondary N) is 2. The zero-order valence-corrected chi connectivity index (χ0v) is 16.8. The average molecular weight is 411 g/mol. The van der Waals surface area contributed by atoms with E-state index in [-0.39, 0.29) is 23.5 Å². The van der Waals surface area contributed by atoms with Crippen LogP contribution in [0.1, 0.15) is 35.2 Å². The lowest BCUT2D eigenvalue weighted by molar-refractivity contribution is -0.134. The Hall–Kier alpha value is -3.13. The molecule has 0 radical (unpaired) electrons. The van der Waals surface area contributed by atoms with Gasteiger partial charge in [-0.3, -0.25) is 14.4 Å². The molecule has 1 fully saturated rings. The quantitative estimate of drug-likeness (QED) is 0.673. The summed E-state index contributed by atoms with van der Waals surface area (Å²) in [6.45, 7) is 2.54. The smallest absolute Gasteiger partial charge is 0.287 e. The number of anilines is 1. The molecule has 0 saturated carbocycles. The average Bonchev–Trinajstić information content (AvgIpc) is 3.45. The molecular formula is C21H21N3O4S. The molecule has 150 valence electrons. The van der Waals surface area contributed by atoms with Crippen LogP contribution in [0.25, 0.3) is 11.0 Å². The van der Waals surface area contributed by atoms with Crippen LogP contribution in [-0.2, 0) is 16.1 Å². The van der Waals surface area contributed by atoms with Crippen molar-refractivity contribution in [1.82, 2.24) is 10.2 Å². The summed E-state index contributed by atoms with van der Waals surface area (Å²) in [5.74, 6) is -0.359. The third-order valence-corrected chi connectivity index (χ3v) is 5.85. The van der Waals surface area contributed by atoms with Crippen LogP contribution < -0.4 is 10.6 Å². The number of carbonyl (C=O) groups excluding carboxylic acids is 3. The second kappa shape index (κ2) is 8.08. The summed E-state index contributed by atoms with van der Waals surface area (Å²) >= 11 is 1.57. The topological polar surface area (TPSA) is 91.7 Å². The molecule has 1 unspecified atom stereocenters. The van der Waals surface area contributed by atoms with Gasteiger partial charge in [-0.15, -0.1) is 11.3 Å². The van der Waals surface area contributed by atoms with E-state index in [0.29, 0.717) is 30.8 Å². The highest BCUT2D eigenvalue weighted by atomic mass is 32.1. The molecule has 1 aliphatic rings. The van der Waals surface area contributed by atoms with E-state index in [9.17, 15) is 14.4 Å². The largest absolute Gasteiger partial charge is 0.451 e. The maximum Gasteiger partial charge on any atom is 0.287 e. The molecule has 7 nitrogen and oxygen atoms in total. The molecule has 1 saturated heterocycles. The summed E-state index contributed by atoms with van der Waals surface area (Å²) in [6.07, 6.45) is 1.48. The van der Waals surface area contributed by atoms with E-state index in [2.05, 4.69) is 10.6 Å². The van der Waals surface area contributed by atoms with Gasteiger partial charge in [0, 0.05) is 29.4 Å². The highest BCUT2D eigenvalue weighted by molar-refractivity contribution is 7.09. The molecule has 8 heteroatoms. The third-order valence-electron chi connectivity index (χ3n) is 4.97. The molecule has 1 aliphatic heterocycles. The molecule has 0 bridgehead atoms. The maximum absolute atomic E-state index is 12.6. The van der Waals surface area contributed by atoms with Crippen LogP contribution in [0.5, 0.6) is 0 Å². The van der Waals surface area contributed by atoms with Crippen LogP contribution >= 0.6 is 11.3 Å². The van der Waals surface area contributed by atoms with E-state index in [1.54, 1.807) is 40.5 Å². The Kier molecular flexibility index (Phi) is 5.35. The first-order valence-corrected chi connectivity index (χ1v) is 10.3. The van der Waals surface area contributed by atoms with Crippen LogP contribution in [0, 0.1) is 0 Å². The van der Waals surface area contributed by atoms with Gasteiger partial charge < -0.3 is 20.0 Å². The standard InChI is InChI=1S/C21H21N3O4S/c1-13(25)24-8-2-5-17(24)20(26)23-15-6-7-18-14(10-15)11-19(28-18)21(27)22-12-16-4-3-9-29-16/h3-4,6-7,9-11,17H,2,5,8,12H2,1H3,(H,22,27)(H,23,26). The minimum atomic E-state index is -0.439. The van der Waals surface area contributed by atoms with Crippen molar-refractivity contribution in [2.75, 3.05) is 11.9 Å². The van der Waals surface area contributed by atoms with Crippen molar-refractivity contribution in [2.45, 2.75) is 32.4 Å². The molecule has 2 aromatic heterocycles. The van der Waals surface area contributed by atoms with Crippen molar-refractivity contribution < 1.29 is 18.8 Å². The van der Waals surface area contributed by atoms with Gasteiger partial charge in [-0.05, 0) is 48.6 Å². The monoisotopic (exact) mass is 411 g/mol. The van der Waals surface area contributed by atoms with E-state index in [1.165, 1.54) is 6.92 Å². The Bertz CT molecular complexity index is 1060. The van der Waals surface area contributed by atoms with Crippen molar-refractivity contribution in [3.8, 4) is 0 Å². The minimum Gasteiger partial charge on any atom is -0.451 e. The molecule has 1 aromatic carbocycles. The summed E-state index contributed by atoms with van der Waals surface area (Å²) in [4.78, 5) is 39.3. The second-order valence-electron chi connectivity index (χ2n) is 6.98. The number of carbonyl (C=O) groups is 3. The van der Waals surface area contributed by atoms with Crippen LogP contribution in [0.3, 0.4) is 0 Å². The lowest BCUT2D eigenvalue weighted by atomic mass is 10.2. The lowest BCUT2D eigenvalue weighted by Crippen LogP contribution is -2.42. The number of furan rings is 1. The van der Waals surface area contributed by atoms with Crippen LogP contribution in [0.2, 0.25) is 0 Å². The number of benzene rings is 1. The zero-order chi connectivity index (χ0) is 20.4. The summed E-state index contributed by atoms with van der Waals surface area (Å²) in [5, 5.41) is 8.38. The predicted octanol–water partition coefficient (Wildman–Crippen LogP) is 3.37. The number of likely N-dealkylation sites (tertiary alicyclic amines) is 1. The Morgan fingerprint density at radius 2 is 2.10 bits per heavy atom. The summed E-state index contributed by atoms with van der Waals surface area (Å²) < 4.78 is 5.63. The molecule has 0 spiro atoms. The lowest BCUT2D eigenvalue weighted by Gasteiger charge is -2.22. The van der Waals surface area contributed by atoms with Gasteiger partial charge >= 0.3 is 0 Å². The first-order chi connectivity index (χ1) is 14.0. The van der Waals surface area contributed by atoms with Crippen molar-refractivity contribution in [1.29, 1.82) is 0 Å². The molecule has 3 aromatic rings. The number of rotatable bonds is 5. The molecular weight excluding hydrogens is 390 g/mol. The van der Waals surface area contributed by atoms with E-state index >= 15 is 0 Å². The number of fused-ring (bicyclic) bond motifs is 1. The maximum atomic E-state index is 12.6. The van der Waals surface area contributed by atoms with E-state index in [1.807, 2.05) is 17.5 Å². The molecule has 3 heterocycles. The van der Waals surface area contributed by atoms with Crippen LogP contribution in [0.4, 0.5) is 5.69 Å². The molecule has 2 N–H and O–H groups in total. The normalized spacial score (nSPS) is 16.2. The van der Waals surface area contributed by atoms with Crippen LogP contribution in [0.15, 0.2) is 46.2 Å². The molecule has 1 atom stereocenters. The van der Waals surface area contributed by atoms with Gasteiger partial charge in [-0.2, -0.15) is 0 Å². The van der Waals surface area contributed by atoms with E-state index < -0.39 is 6.04 Å². The first-order valence-electron chi connectivity index (χ1n) is 9.43. The van der Waals surface area contributed by atoms with Gasteiger partial charge in [0.1, 0.15) is 11.6 Å². The highest BCUT2D eigenvalue weighted by Gasteiger charge is 2.32. The Labute approximate surface area is 171 Å². The van der Waals surface area contributed by atoms with E-state index in [4.69, 9.17) is 4.42 Å². The van der Waals surface area contributed by atoms with Crippen molar-refractivity contribution in [3.63, 3.8) is 0 Å². The number of hydrogen-bond acceptors (Lipinski definition) is 5. The first kappa shape index (κ1) is 19.2. The van der Waals surface area contributed by atoms with Gasteiger partial charge in [0.25, 0.3) is 5.91 Å². The minimum absolute atomic E-state index is 0.0915. The van der Waals surface area contributed by atoms with Crippen LogP contribution in [-0.4, -0.2) is 35.2 Å². The molecule has 4 rings (SSSR count). The predicted molar refractivity (Wildman–Crippen MR) is 111 cm³/mol. The SMILES string of the molecule is CC(=O)N1CCCC1C(=O)Nc1ccc2oc(C(=O)NCc3cccs3)cc2c1. The van der Waals surface area contributed by atoms with Gasteiger partial charge in [0.15, 0.2) is 5.76 Å².